The summed E-state index contributed by atoms with van der Waals surface area (Å²) in [4.78, 5) is 20.9. The van der Waals surface area contributed by atoms with Gasteiger partial charge in [-0.2, -0.15) is 8.78 Å². The van der Waals surface area contributed by atoms with Gasteiger partial charge in [0.15, 0.2) is 0 Å². The Morgan fingerprint density at radius 1 is 1.58 bits per heavy atom. The molecule has 0 aromatic heterocycles. The van der Waals surface area contributed by atoms with Crippen molar-refractivity contribution in [3.05, 3.63) is 39.9 Å². The smallest absolute Gasteiger partial charge is 0.379 e. The standard InChI is InChI=1S/C11H12F2N2O4/c1-2-19-10(16)11(12,13)9(14)7-4-3-5-8(6-7)15(17)18/h3-6,9H,2,14H2,1H3/t9-/m0/s1. The Morgan fingerprint density at radius 2 is 2.21 bits per heavy atom. The maximum absolute atomic E-state index is 13.6. The normalized spacial score (nSPS) is 12.8. The van der Waals surface area contributed by atoms with Crippen LogP contribution >= 0.6 is 0 Å². The van der Waals surface area contributed by atoms with Gasteiger partial charge in [-0.3, -0.25) is 10.1 Å². The molecule has 0 radical (unpaired) electrons. The molecule has 19 heavy (non-hydrogen) atoms. The molecule has 0 saturated heterocycles. The van der Waals surface area contributed by atoms with Crippen LogP contribution in [0.15, 0.2) is 24.3 Å². The summed E-state index contributed by atoms with van der Waals surface area (Å²) in [5.74, 6) is -5.71. The molecular weight excluding hydrogens is 262 g/mol. The first kappa shape index (κ1) is 15.0. The zero-order valence-corrected chi connectivity index (χ0v) is 10.0. The van der Waals surface area contributed by atoms with E-state index in [1.165, 1.54) is 19.1 Å². The molecule has 1 aromatic rings. The van der Waals surface area contributed by atoms with Gasteiger partial charge >= 0.3 is 11.9 Å². The number of alkyl halides is 2. The topological polar surface area (TPSA) is 95.5 Å². The van der Waals surface area contributed by atoms with Crippen molar-refractivity contribution in [2.24, 2.45) is 5.73 Å². The van der Waals surface area contributed by atoms with Crippen LogP contribution in [0, 0.1) is 10.1 Å². The number of nitro groups is 1. The van der Waals surface area contributed by atoms with Crippen LogP contribution in [0.5, 0.6) is 0 Å². The lowest BCUT2D eigenvalue weighted by atomic mass is 10.0. The Labute approximate surface area is 107 Å². The predicted molar refractivity (Wildman–Crippen MR) is 61.6 cm³/mol. The Balaban J connectivity index is 3.05. The minimum absolute atomic E-state index is 0.212. The number of benzene rings is 1. The monoisotopic (exact) mass is 274 g/mol. The number of non-ortho nitro benzene ring substituents is 1. The molecule has 0 aliphatic rings. The number of nitro benzene ring substituents is 1. The van der Waals surface area contributed by atoms with Crippen molar-refractivity contribution in [1.29, 1.82) is 0 Å². The summed E-state index contributed by atoms with van der Waals surface area (Å²) < 4.78 is 31.5. The molecule has 2 N–H and O–H groups in total. The number of rotatable bonds is 5. The lowest BCUT2D eigenvalue weighted by Gasteiger charge is -2.21. The molecule has 0 unspecified atom stereocenters. The summed E-state index contributed by atoms with van der Waals surface area (Å²) in [7, 11) is 0. The lowest BCUT2D eigenvalue weighted by molar-refractivity contribution is -0.385. The number of esters is 1. The van der Waals surface area contributed by atoms with E-state index < -0.39 is 22.9 Å². The molecule has 0 aliphatic heterocycles. The number of ether oxygens (including phenoxy) is 1. The van der Waals surface area contributed by atoms with E-state index in [0.717, 1.165) is 12.1 Å². The van der Waals surface area contributed by atoms with Crippen LogP contribution in [0.2, 0.25) is 0 Å². The van der Waals surface area contributed by atoms with Crippen LogP contribution in [-0.4, -0.2) is 23.4 Å². The zero-order chi connectivity index (χ0) is 14.6. The fraction of sp³-hybridized carbons (Fsp3) is 0.364. The zero-order valence-electron chi connectivity index (χ0n) is 10.0. The van der Waals surface area contributed by atoms with Crippen molar-refractivity contribution in [3.63, 3.8) is 0 Å². The van der Waals surface area contributed by atoms with Crippen LogP contribution < -0.4 is 5.73 Å². The first-order valence-electron chi connectivity index (χ1n) is 5.35. The lowest BCUT2D eigenvalue weighted by Crippen LogP contribution is -2.41. The van der Waals surface area contributed by atoms with Crippen molar-refractivity contribution in [3.8, 4) is 0 Å². The van der Waals surface area contributed by atoms with Crippen molar-refractivity contribution in [2.45, 2.75) is 18.9 Å². The molecule has 0 amide bonds. The van der Waals surface area contributed by atoms with E-state index in [4.69, 9.17) is 5.73 Å². The summed E-state index contributed by atoms with van der Waals surface area (Å²) in [6.07, 6.45) is 0. The number of carbonyl (C=O) groups excluding carboxylic acids is 1. The van der Waals surface area contributed by atoms with E-state index in [2.05, 4.69) is 4.74 Å². The molecule has 0 spiro atoms. The van der Waals surface area contributed by atoms with E-state index >= 15 is 0 Å². The van der Waals surface area contributed by atoms with Gasteiger partial charge < -0.3 is 10.5 Å². The van der Waals surface area contributed by atoms with E-state index in [0.29, 0.717) is 0 Å². The molecule has 0 bridgehead atoms. The van der Waals surface area contributed by atoms with Crippen molar-refractivity contribution >= 4 is 11.7 Å². The molecule has 0 saturated carbocycles. The first-order chi connectivity index (χ1) is 8.80. The third kappa shape index (κ3) is 3.22. The SMILES string of the molecule is CCOC(=O)C(F)(F)[C@@H](N)c1cccc([N+](=O)[O-])c1. The number of nitrogens with zero attached hydrogens (tertiary/aromatic N) is 1. The van der Waals surface area contributed by atoms with Crippen molar-refractivity contribution in [2.75, 3.05) is 6.61 Å². The minimum atomic E-state index is -3.95. The molecule has 104 valence electrons. The molecule has 8 heteroatoms. The van der Waals surface area contributed by atoms with Gasteiger partial charge in [0.2, 0.25) is 0 Å². The number of halogens is 2. The average molecular weight is 274 g/mol. The van der Waals surface area contributed by atoms with E-state index in [9.17, 15) is 23.7 Å². The Kier molecular flexibility index (Phi) is 4.49. The summed E-state index contributed by atoms with van der Waals surface area (Å²) in [6.45, 7) is 1.17. The van der Waals surface area contributed by atoms with Crippen LogP contribution in [0.1, 0.15) is 18.5 Å². The highest BCUT2D eigenvalue weighted by atomic mass is 19.3. The van der Waals surface area contributed by atoms with Gasteiger partial charge in [-0.15, -0.1) is 0 Å². The third-order valence-corrected chi connectivity index (χ3v) is 2.38. The second kappa shape index (κ2) is 5.70. The van der Waals surface area contributed by atoms with Crippen LogP contribution in [0.4, 0.5) is 14.5 Å². The number of carbonyl (C=O) groups is 1. The molecule has 0 heterocycles. The average Bonchev–Trinajstić information content (AvgIpc) is 2.38. The predicted octanol–water partition coefficient (Wildman–Crippen LogP) is 1.79. The van der Waals surface area contributed by atoms with E-state index in [-0.39, 0.29) is 17.9 Å². The van der Waals surface area contributed by atoms with Gasteiger partial charge in [0.25, 0.3) is 5.69 Å². The Bertz CT molecular complexity index is 493. The Hall–Kier alpha value is -2.09. The van der Waals surface area contributed by atoms with Gasteiger partial charge in [-0.25, -0.2) is 4.79 Å². The maximum Gasteiger partial charge on any atom is 0.379 e. The van der Waals surface area contributed by atoms with Gasteiger partial charge in [0, 0.05) is 12.1 Å². The van der Waals surface area contributed by atoms with Crippen molar-refractivity contribution < 1.29 is 23.2 Å². The molecule has 1 aromatic carbocycles. The van der Waals surface area contributed by atoms with Crippen LogP contribution in [-0.2, 0) is 9.53 Å². The van der Waals surface area contributed by atoms with Gasteiger partial charge in [-0.1, -0.05) is 12.1 Å². The second-order valence-electron chi connectivity index (χ2n) is 3.67. The highest BCUT2D eigenvalue weighted by molar-refractivity contribution is 5.78. The van der Waals surface area contributed by atoms with Crippen LogP contribution in [0.25, 0.3) is 0 Å². The van der Waals surface area contributed by atoms with E-state index in [1.54, 1.807) is 0 Å². The van der Waals surface area contributed by atoms with Crippen molar-refractivity contribution in [1.82, 2.24) is 0 Å². The quantitative estimate of drug-likeness (QED) is 0.501. The summed E-state index contributed by atoms with van der Waals surface area (Å²) >= 11 is 0. The highest BCUT2D eigenvalue weighted by Gasteiger charge is 2.48. The fourth-order valence-electron chi connectivity index (χ4n) is 1.40. The van der Waals surface area contributed by atoms with Gasteiger partial charge in [0.05, 0.1) is 11.5 Å². The fourth-order valence-corrected chi connectivity index (χ4v) is 1.40. The summed E-state index contributed by atoms with van der Waals surface area (Å²) in [6, 6.07) is 2.43. The number of hydrogen-bond acceptors (Lipinski definition) is 5. The van der Waals surface area contributed by atoms with Crippen LogP contribution in [0.3, 0.4) is 0 Å². The summed E-state index contributed by atoms with van der Waals surface area (Å²) in [5, 5.41) is 10.5. The second-order valence-corrected chi connectivity index (χ2v) is 3.67. The maximum atomic E-state index is 13.6. The molecular formula is C11H12F2N2O4. The Morgan fingerprint density at radius 3 is 2.74 bits per heavy atom. The minimum Gasteiger partial charge on any atom is -0.462 e. The number of hydrogen-bond donors (Lipinski definition) is 1. The van der Waals surface area contributed by atoms with Gasteiger partial charge in [-0.05, 0) is 12.5 Å². The molecule has 1 atom stereocenters. The van der Waals surface area contributed by atoms with E-state index in [1.807, 2.05) is 0 Å². The highest BCUT2D eigenvalue weighted by Crippen LogP contribution is 2.32. The first-order valence-corrected chi connectivity index (χ1v) is 5.35. The largest absolute Gasteiger partial charge is 0.462 e. The third-order valence-electron chi connectivity index (χ3n) is 2.38. The molecule has 1 rings (SSSR count). The number of nitrogens with two attached hydrogens (primary N) is 1. The van der Waals surface area contributed by atoms with Gasteiger partial charge in [0.1, 0.15) is 6.04 Å². The summed E-state index contributed by atoms with van der Waals surface area (Å²) in [5.41, 5.74) is 4.70. The molecule has 0 fully saturated rings. The molecule has 0 aliphatic carbocycles. The molecule has 6 nitrogen and oxygen atoms in total.